The van der Waals surface area contributed by atoms with E-state index in [1.807, 2.05) is 0 Å². The molecule has 0 aromatic carbocycles. The van der Waals surface area contributed by atoms with Gasteiger partial charge in [0.1, 0.15) is 0 Å². The second-order valence-electron chi connectivity index (χ2n) is 7.93. The minimum atomic E-state index is -1.18. The second kappa shape index (κ2) is 14.1. The Bertz CT molecular complexity index is 495. The Morgan fingerprint density at radius 2 is 1.07 bits per heavy atom. The van der Waals surface area contributed by atoms with Gasteiger partial charge in [-0.25, -0.2) is 14.4 Å². The molecule has 0 aromatic rings. The normalized spacial score (nSPS) is 16.8. The summed E-state index contributed by atoms with van der Waals surface area (Å²) in [5.74, 6) is -3.54. The van der Waals surface area contributed by atoms with Crippen LogP contribution in [0.3, 0.4) is 0 Å². The summed E-state index contributed by atoms with van der Waals surface area (Å²) < 4.78 is -0.486. The van der Waals surface area contributed by atoms with Crippen molar-refractivity contribution in [3.8, 4) is 0 Å². The van der Waals surface area contributed by atoms with E-state index in [1.165, 1.54) is 33.6 Å². The number of hydrogen-bond acceptors (Lipinski definition) is 3. The zero-order valence-electron chi connectivity index (χ0n) is 18.5. The highest BCUT2D eigenvalue weighted by Gasteiger charge is 2.52. The van der Waals surface area contributed by atoms with Crippen LogP contribution >= 0.6 is 0 Å². The monoisotopic (exact) mass is 414 g/mol. The molecule has 168 valence electrons. The van der Waals surface area contributed by atoms with Gasteiger partial charge in [0.25, 0.3) is 0 Å². The maximum Gasteiger partial charge on any atom is 0.362 e. The zero-order valence-corrected chi connectivity index (χ0v) is 18.5. The van der Waals surface area contributed by atoms with Crippen LogP contribution in [-0.2, 0) is 14.4 Å². The van der Waals surface area contributed by atoms with Gasteiger partial charge in [0, 0.05) is 0 Å². The molecule has 0 heterocycles. The van der Waals surface area contributed by atoms with Crippen LogP contribution in [-0.4, -0.2) is 62.4 Å². The highest BCUT2D eigenvalue weighted by molar-refractivity contribution is 5.77. The molecular formula is C22H40NO6+. The largest absolute Gasteiger partial charge is 0.477 e. The van der Waals surface area contributed by atoms with Crippen LogP contribution in [0.15, 0.2) is 12.2 Å². The minimum absolute atomic E-state index is 0.214. The Balaban J connectivity index is 4.86. The van der Waals surface area contributed by atoms with E-state index < -0.39 is 40.5 Å². The lowest BCUT2D eigenvalue weighted by atomic mass is 10.00. The summed E-state index contributed by atoms with van der Waals surface area (Å²) in [6, 6.07) is -3.37. The van der Waals surface area contributed by atoms with Gasteiger partial charge in [-0.3, -0.25) is 4.48 Å². The molecule has 0 aliphatic heterocycles. The molecule has 3 N–H and O–H groups in total. The minimum Gasteiger partial charge on any atom is -0.477 e. The van der Waals surface area contributed by atoms with Crippen molar-refractivity contribution in [2.75, 3.05) is 6.54 Å². The molecule has 0 aromatic heterocycles. The van der Waals surface area contributed by atoms with Gasteiger partial charge in [0.2, 0.25) is 0 Å². The number of nitrogens with zero attached hydrogens (tertiary/aromatic N) is 1. The Labute approximate surface area is 175 Å². The van der Waals surface area contributed by atoms with E-state index in [2.05, 4.69) is 19.1 Å². The van der Waals surface area contributed by atoms with E-state index in [0.717, 1.165) is 38.5 Å². The molecule has 0 amide bonds. The molecule has 0 aliphatic carbocycles. The van der Waals surface area contributed by atoms with Gasteiger partial charge in [0.15, 0.2) is 18.1 Å². The quantitative estimate of drug-likeness (QED) is 0.186. The molecule has 0 bridgehead atoms. The number of hydrogen-bond donors (Lipinski definition) is 3. The first kappa shape index (κ1) is 27.1. The number of unbranched alkanes of at least 4 members (excludes halogenated alkanes) is 7. The molecule has 3 atom stereocenters. The topological polar surface area (TPSA) is 112 Å². The van der Waals surface area contributed by atoms with E-state index in [9.17, 15) is 29.7 Å². The van der Waals surface area contributed by atoms with Gasteiger partial charge in [-0.1, -0.05) is 44.8 Å². The van der Waals surface area contributed by atoms with Crippen molar-refractivity contribution in [2.45, 2.75) is 104 Å². The standard InChI is InChI=1S/C22H39NO6/c1-5-6-7-8-9-10-11-12-13-14-15-16-23(17(2)20(24)25,18(3)21(26)27)19(4)22(28)29/h8-9,17-19H,5-7,10-16H2,1-4H3,(H2-,24,25,26,27,28,29)/p+1/b9-8+. The van der Waals surface area contributed by atoms with Crippen LogP contribution in [0.1, 0.15) is 85.5 Å². The summed E-state index contributed by atoms with van der Waals surface area (Å²) in [6.07, 6.45) is 13.6. The van der Waals surface area contributed by atoms with Crippen LogP contribution < -0.4 is 0 Å². The van der Waals surface area contributed by atoms with Gasteiger partial charge in [0.05, 0.1) is 6.54 Å². The first-order valence-corrected chi connectivity index (χ1v) is 10.8. The Morgan fingerprint density at radius 3 is 1.48 bits per heavy atom. The molecule has 0 aliphatic rings. The first-order chi connectivity index (χ1) is 13.6. The predicted molar refractivity (Wildman–Crippen MR) is 113 cm³/mol. The lowest BCUT2D eigenvalue weighted by molar-refractivity contribution is -0.968. The molecular weight excluding hydrogens is 374 g/mol. The number of aliphatic carboxylic acids is 3. The number of carboxylic acid groups (broad SMARTS) is 3. The van der Waals surface area contributed by atoms with Gasteiger partial charge < -0.3 is 15.3 Å². The maximum absolute atomic E-state index is 11.7. The fourth-order valence-corrected chi connectivity index (χ4v) is 3.94. The zero-order chi connectivity index (χ0) is 22.4. The van der Waals surface area contributed by atoms with Crippen molar-refractivity contribution in [1.82, 2.24) is 0 Å². The highest BCUT2D eigenvalue weighted by Crippen LogP contribution is 2.27. The summed E-state index contributed by atoms with van der Waals surface area (Å²) in [7, 11) is 0. The van der Waals surface area contributed by atoms with Crippen LogP contribution in [0.25, 0.3) is 0 Å². The number of rotatable bonds is 17. The third-order valence-corrected chi connectivity index (χ3v) is 6.04. The van der Waals surface area contributed by atoms with Crippen LogP contribution in [0, 0.1) is 0 Å². The predicted octanol–water partition coefficient (Wildman–Crippen LogP) is 4.31. The first-order valence-electron chi connectivity index (χ1n) is 10.8. The Hall–Kier alpha value is -1.89. The van der Waals surface area contributed by atoms with Crippen molar-refractivity contribution in [2.24, 2.45) is 0 Å². The Kier molecular flexibility index (Phi) is 13.2. The van der Waals surface area contributed by atoms with Crippen LogP contribution in [0.5, 0.6) is 0 Å². The molecule has 0 saturated carbocycles. The van der Waals surface area contributed by atoms with Crippen molar-refractivity contribution in [3.63, 3.8) is 0 Å². The SMILES string of the molecule is CCCC/C=C/CCCCCCC[N+](C(C)C(=O)O)(C(C)C(=O)O)C(C)C(=O)O. The van der Waals surface area contributed by atoms with E-state index in [1.54, 1.807) is 0 Å². The summed E-state index contributed by atoms with van der Waals surface area (Å²) in [4.78, 5) is 35.1. The van der Waals surface area contributed by atoms with E-state index in [4.69, 9.17) is 0 Å². The third kappa shape index (κ3) is 8.56. The average Bonchev–Trinajstić information content (AvgIpc) is 2.67. The van der Waals surface area contributed by atoms with Crippen molar-refractivity contribution in [1.29, 1.82) is 0 Å². The van der Waals surface area contributed by atoms with Crippen molar-refractivity contribution < 1.29 is 34.2 Å². The fraction of sp³-hybridized carbons (Fsp3) is 0.773. The third-order valence-electron chi connectivity index (χ3n) is 6.04. The average molecular weight is 415 g/mol. The second-order valence-corrected chi connectivity index (χ2v) is 7.93. The molecule has 0 spiro atoms. The lowest BCUT2D eigenvalue weighted by Gasteiger charge is -2.47. The Morgan fingerprint density at radius 1 is 0.690 bits per heavy atom. The lowest BCUT2D eigenvalue weighted by Crippen LogP contribution is -2.70. The molecule has 7 nitrogen and oxygen atoms in total. The van der Waals surface area contributed by atoms with Crippen molar-refractivity contribution in [3.05, 3.63) is 12.2 Å². The smallest absolute Gasteiger partial charge is 0.362 e. The van der Waals surface area contributed by atoms with E-state index >= 15 is 0 Å². The summed E-state index contributed by atoms with van der Waals surface area (Å²) in [6.45, 7) is 6.61. The van der Waals surface area contributed by atoms with Crippen LogP contribution in [0.2, 0.25) is 0 Å². The van der Waals surface area contributed by atoms with E-state index in [0.29, 0.717) is 6.42 Å². The number of allylic oxidation sites excluding steroid dienone is 2. The number of carboxylic acids is 3. The van der Waals surface area contributed by atoms with Crippen LogP contribution in [0.4, 0.5) is 0 Å². The van der Waals surface area contributed by atoms with E-state index in [-0.39, 0.29) is 6.54 Å². The molecule has 0 rings (SSSR count). The summed E-state index contributed by atoms with van der Waals surface area (Å²) in [5, 5.41) is 28.6. The van der Waals surface area contributed by atoms with Gasteiger partial charge >= 0.3 is 17.9 Å². The molecule has 0 radical (unpaired) electrons. The highest BCUT2D eigenvalue weighted by atomic mass is 16.4. The molecule has 0 saturated heterocycles. The maximum atomic E-state index is 11.7. The fourth-order valence-electron chi connectivity index (χ4n) is 3.94. The molecule has 3 unspecified atom stereocenters. The number of carbonyl (C=O) groups is 3. The van der Waals surface area contributed by atoms with Gasteiger partial charge in [-0.2, -0.15) is 0 Å². The molecule has 0 fully saturated rings. The van der Waals surface area contributed by atoms with Crippen molar-refractivity contribution >= 4 is 17.9 Å². The summed E-state index contributed by atoms with van der Waals surface area (Å²) >= 11 is 0. The molecule has 29 heavy (non-hydrogen) atoms. The number of quaternary nitrogens is 1. The summed E-state index contributed by atoms with van der Waals surface area (Å²) in [5.41, 5.74) is 0. The molecule has 7 heteroatoms. The van der Waals surface area contributed by atoms with Gasteiger partial charge in [-0.15, -0.1) is 0 Å². The van der Waals surface area contributed by atoms with Gasteiger partial charge in [-0.05, 0) is 52.9 Å².